The van der Waals surface area contributed by atoms with Crippen molar-refractivity contribution in [2.24, 2.45) is 11.3 Å². The molecule has 0 aliphatic carbocycles. The largest absolute Gasteiger partial charge is 0.376 e. The molecule has 5 atom stereocenters. The maximum atomic E-state index is 14.5. The summed E-state index contributed by atoms with van der Waals surface area (Å²) in [5.41, 5.74) is 1.98. The molecule has 2 heterocycles. The summed E-state index contributed by atoms with van der Waals surface area (Å²) in [4.78, 5) is 44.8. The number of likely N-dealkylation sites (tertiary alicyclic amines) is 1. The standard InChI is InChI=1S/C35H40N2O4/c1-35(2,3)22-28(38)37-31(25-16-9-5-10-17-25)30(33(39)26-18-11-6-12-19-26)29(24-14-7-4-8-15-24)32(37)34(40)36-23-27-20-13-21-41-27/h4-12,14-19,27,29-32H,13,20-23H2,1-3H3,(H,36,40). The highest BCUT2D eigenvalue weighted by molar-refractivity contribution is 6.02. The van der Waals surface area contributed by atoms with Crippen LogP contribution in [0.4, 0.5) is 0 Å². The van der Waals surface area contributed by atoms with E-state index in [4.69, 9.17) is 4.74 Å². The van der Waals surface area contributed by atoms with Crippen molar-refractivity contribution in [1.29, 1.82) is 0 Å². The zero-order valence-corrected chi connectivity index (χ0v) is 24.2. The Kier molecular flexibility index (Phi) is 8.69. The summed E-state index contributed by atoms with van der Waals surface area (Å²) < 4.78 is 5.78. The van der Waals surface area contributed by atoms with Gasteiger partial charge in [-0.1, -0.05) is 112 Å². The normalized spacial score (nSPS) is 24.3. The van der Waals surface area contributed by atoms with E-state index in [1.807, 2.05) is 112 Å². The Morgan fingerprint density at radius 1 is 0.854 bits per heavy atom. The second-order valence-electron chi connectivity index (χ2n) is 12.4. The zero-order chi connectivity index (χ0) is 29.0. The van der Waals surface area contributed by atoms with Crippen molar-refractivity contribution in [2.75, 3.05) is 13.2 Å². The van der Waals surface area contributed by atoms with Gasteiger partial charge >= 0.3 is 0 Å². The lowest BCUT2D eigenvalue weighted by atomic mass is 9.76. The highest BCUT2D eigenvalue weighted by atomic mass is 16.5. The molecule has 2 saturated heterocycles. The molecule has 1 N–H and O–H groups in total. The van der Waals surface area contributed by atoms with Crippen molar-refractivity contribution in [2.45, 2.75) is 64.1 Å². The molecule has 3 aromatic carbocycles. The first kappa shape index (κ1) is 28.7. The number of carbonyl (C=O) groups excluding carboxylic acids is 3. The minimum atomic E-state index is -0.864. The van der Waals surface area contributed by atoms with E-state index in [2.05, 4.69) is 5.32 Å². The van der Waals surface area contributed by atoms with E-state index in [0.29, 0.717) is 18.7 Å². The Bertz CT molecular complexity index is 1330. The van der Waals surface area contributed by atoms with Crippen LogP contribution in [0.25, 0.3) is 0 Å². The summed E-state index contributed by atoms with van der Waals surface area (Å²) in [7, 11) is 0. The van der Waals surface area contributed by atoms with Crippen molar-refractivity contribution in [3.63, 3.8) is 0 Å². The SMILES string of the molecule is CC(C)(C)CC(=O)N1C(C(=O)NCC2CCCO2)C(c2ccccc2)C(C(=O)c2ccccc2)C1c1ccccc1. The van der Waals surface area contributed by atoms with Gasteiger partial charge in [0.15, 0.2) is 5.78 Å². The summed E-state index contributed by atoms with van der Waals surface area (Å²) in [5, 5.41) is 3.12. The van der Waals surface area contributed by atoms with E-state index >= 15 is 0 Å². The number of ether oxygens (including phenoxy) is 1. The van der Waals surface area contributed by atoms with Gasteiger partial charge < -0.3 is 15.0 Å². The summed E-state index contributed by atoms with van der Waals surface area (Å²) in [6, 6.07) is 27.2. The van der Waals surface area contributed by atoms with Crippen LogP contribution in [0.2, 0.25) is 0 Å². The van der Waals surface area contributed by atoms with Crippen LogP contribution in [0.1, 0.15) is 73.5 Å². The average molecular weight is 553 g/mol. The summed E-state index contributed by atoms with van der Waals surface area (Å²) in [6.07, 6.45) is 2.07. The molecule has 0 aromatic heterocycles. The first-order valence-corrected chi connectivity index (χ1v) is 14.6. The molecule has 6 heteroatoms. The summed E-state index contributed by atoms with van der Waals surface area (Å²) >= 11 is 0. The smallest absolute Gasteiger partial charge is 0.243 e. The number of amides is 2. The highest BCUT2D eigenvalue weighted by Gasteiger charge is 2.57. The quantitative estimate of drug-likeness (QED) is 0.350. The van der Waals surface area contributed by atoms with E-state index < -0.39 is 23.9 Å². The van der Waals surface area contributed by atoms with Crippen molar-refractivity contribution in [3.05, 3.63) is 108 Å². The highest BCUT2D eigenvalue weighted by Crippen LogP contribution is 2.52. The predicted molar refractivity (Wildman–Crippen MR) is 159 cm³/mol. The van der Waals surface area contributed by atoms with Gasteiger partial charge in [0.05, 0.1) is 18.1 Å². The van der Waals surface area contributed by atoms with Crippen molar-refractivity contribution in [3.8, 4) is 0 Å². The number of nitrogens with zero attached hydrogens (tertiary/aromatic N) is 1. The van der Waals surface area contributed by atoms with Gasteiger partial charge in [0.2, 0.25) is 11.8 Å². The number of rotatable bonds is 8. The molecule has 3 aromatic rings. The van der Waals surface area contributed by atoms with Gasteiger partial charge in [-0.15, -0.1) is 0 Å². The fraction of sp³-hybridized carbons (Fsp3) is 0.400. The number of hydrogen-bond donors (Lipinski definition) is 1. The molecule has 2 fully saturated rings. The van der Waals surface area contributed by atoms with Crippen LogP contribution in [-0.4, -0.2) is 47.8 Å². The van der Waals surface area contributed by atoms with E-state index in [1.54, 1.807) is 4.90 Å². The fourth-order valence-corrected chi connectivity index (χ4v) is 6.37. The molecule has 0 saturated carbocycles. The summed E-state index contributed by atoms with van der Waals surface area (Å²) in [6.45, 7) is 7.13. The second kappa shape index (κ2) is 12.4. The lowest BCUT2D eigenvalue weighted by molar-refractivity contribution is -0.142. The number of nitrogens with one attached hydrogen (secondary N) is 1. The van der Waals surface area contributed by atoms with Crippen LogP contribution in [0.15, 0.2) is 91.0 Å². The third kappa shape index (κ3) is 6.43. The molecule has 5 rings (SSSR count). The summed E-state index contributed by atoms with van der Waals surface area (Å²) in [5.74, 6) is -1.66. The van der Waals surface area contributed by atoms with E-state index in [0.717, 1.165) is 24.0 Å². The second-order valence-corrected chi connectivity index (χ2v) is 12.4. The molecule has 214 valence electrons. The van der Waals surface area contributed by atoms with Gasteiger partial charge in [0.25, 0.3) is 0 Å². The van der Waals surface area contributed by atoms with E-state index in [1.165, 1.54) is 0 Å². The van der Waals surface area contributed by atoms with Gasteiger partial charge in [0, 0.05) is 31.1 Å². The third-order valence-corrected chi connectivity index (χ3v) is 8.12. The Balaban J connectivity index is 1.67. The predicted octanol–water partition coefficient (Wildman–Crippen LogP) is 5.95. The van der Waals surface area contributed by atoms with Crippen LogP contribution in [0.3, 0.4) is 0 Å². The Morgan fingerprint density at radius 3 is 2.00 bits per heavy atom. The number of hydrogen-bond acceptors (Lipinski definition) is 4. The van der Waals surface area contributed by atoms with Crippen LogP contribution in [0.5, 0.6) is 0 Å². The minimum absolute atomic E-state index is 0.0408. The Hall–Kier alpha value is -3.77. The number of ketones is 1. The number of Topliss-reactive ketones (excluding diaryl/α,β-unsaturated/α-hetero) is 1. The third-order valence-electron chi connectivity index (χ3n) is 8.12. The van der Waals surface area contributed by atoms with E-state index in [-0.39, 0.29) is 35.5 Å². The van der Waals surface area contributed by atoms with Crippen molar-refractivity contribution < 1.29 is 19.1 Å². The topological polar surface area (TPSA) is 75.7 Å². The average Bonchev–Trinajstić information content (AvgIpc) is 3.62. The van der Waals surface area contributed by atoms with Crippen molar-refractivity contribution >= 4 is 17.6 Å². The molecular weight excluding hydrogens is 512 g/mol. The lowest BCUT2D eigenvalue weighted by Gasteiger charge is -2.34. The molecule has 0 radical (unpaired) electrons. The van der Waals surface area contributed by atoms with Gasteiger partial charge in [-0.05, 0) is 29.4 Å². The first-order valence-electron chi connectivity index (χ1n) is 14.6. The molecule has 0 bridgehead atoms. The molecule has 2 amide bonds. The van der Waals surface area contributed by atoms with Gasteiger partial charge in [-0.2, -0.15) is 0 Å². The molecule has 5 unspecified atom stereocenters. The lowest BCUT2D eigenvalue weighted by Crippen LogP contribution is -2.50. The Labute approximate surface area is 243 Å². The molecular formula is C35H40N2O4. The van der Waals surface area contributed by atoms with Crippen LogP contribution >= 0.6 is 0 Å². The van der Waals surface area contributed by atoms with Crippen LogP contribution in [0, 0.1) is 11.3 Å². The van der Waals surface area contributed by atoms with Crippen LogP contribution < -0.4 is 5.32 Å². The Morgan fingerprint density at radius 2 is 1.44 bits per heavy atom. The molecule has 41 heavy (non-hydrogen) atoms. The first-order chi connectivity index (χ1) is 19.7. The van der Waals surface area contributed by atoms with Gasteiger partial charge in [-0.3, -0.25) is 14.4 Å². The molecule has 2 aliphatic heterocycles. The van der Waals surface area contributed by atoms with Crippen molar-refractivity contribution in [1.82, 2.24) is 10.2 Å². The monoisotopic (exact) mass is 552 g/mol. The molecule has 2 aliphatic rings. The van der Waals surface area contributed by atoms with Crippen LogP contribution in [-0.2, 0) is 14.3 Å². The fourth-order valence-electron chi connectivity index (χ4n) is 6.37. The maximum absolute atomic E-state index is 14.5. The molecule has 6 nitrogen and oxygen atoms in total. The minimum Gasteiger partial charge on any atom is -0.376 e. The molecule has 0 spiro atoms. The van der Waals surface area contributed by atoms with Gasteiger partial charge in [0.1, 0.15) is 6.04 Å². The number of carbonyl (C=O) groups is 3. The van der Waals surface area contributed by atoms with E-state index in [9.17, 15) is 14.4 Å². The van der Waals surface area contributed by atoms with Gasteiger partial charge in [-0.25, -0.2) is 0 Å². The maximum Gasteiger partial charge on any atom is 0.243 e. The number of benzene rings is 3. The zero-order valence-electron chi connectivity index (χ0n) is 24.2.